The van der Waals surface area contributed by atoms with Crippen molar-refractivity contribution in [2.75, 3.05) is 23.8 Å². The minimum Gasteiger partial charge on any atom is -0.364 e. The first-order valence-electron chi connectivity index (χ1n) is 11.9. The molecule has 0 radical (unpaired) electrons. The molecular weight excluding hydrogens is 456 g/mol. The highest BCUT2D eigenvalue weighted by atomic mass is 32.1. The van der Waals surface area contributed by atoms with Gasteiger partial charge in [0.15, 0.2) is 5.82 Å². The third-order valence-electron chi connectivity index (χ3n) is 5.60. The Balaban J connectivity index is 1.54. The molecule has 0 saturated carbocycles. The summed E-state index contributed by atoms with van der Waals surface area (Å²) < 4.78 is 1.86. The van der Waals surface area contributed by atoms with Crippen molar-refractivity contribution in [3.05, 3.63) is 65.2 Å². The molecule has 4 aromatic rings. The molecule has 0 aliphatic heterocycles. The molecule has 0 aliphatic carbocycles. The Labute approximate surface area is 211 Å². The first kappa shape index (κ1) is 24.7. The number of hydrogen-bond donors (Lipinski definition) is 2. The molecule has 2 N–H and O–H groups in total. The Kier molecular flexibility index (Phi) is 7.12. The second kappa shape index (κ2) is 10.1. The molecule has 4 rings (SSSR count). The van der Waals surface area contributed by atoms with Crippen LogP contribution in [-0.4, -0.2) is 39.6 Å². The number of rotatable bonds is 8. The van der Waals surface area contributed by atoms with E-state index in [9.17, 15) is 4.79 Å². The van der Waals surface area contributed by atoms with Crippen molar-refractivity contribution in [2.45, 2.75) is 53.1 Å². The number of nitrogens with one attached hydrogen (secondary N) is 2. The maximum absolute atomic E-state index is 12.6. The quantitative estimate of drug-likeness (QED) is 0.351. The Hall–Kier alpha value is -3.39. The Morgan fingerprint density at radius 2 is 1.86 bits per heavy atom. The smallest absolute Gasteiger partial charge is 0.239 e. The monoisotopic (exact) mass is 490 g/mol. The van der Waals surface area contributed by atoms with Crippen molar-refractivity contribution in [3.8, 4) is 11.3 Å². The summed E-state index contributed by atoms with van der Waals surface area (Å²) in [7, 11) is 1.88. The maximum Gasteiger partial charge on any atom is 0.239 e. The number of hydrogen-bond acceptors (Lipinski definition) is 6. The lowest BCUT2D eigenvalue weighted by Crippen LogP contribution is -2.34. The van der Waals surface area contributed by atoms with Gasteiger partial charge in [0.25, 0.3) is 0 Å². The molecule has 0 unspecified atom stereocenters. The van der Waals surface area contributed by atoms with Crippen LogP contribution in [0.4, 0.5) is 10.9 Å². The van der Waals surface area contributed by atoms with Crippen molar-refractivity contribution in [3.63, 3.8) is 0 Å². The van der Waals surface area contributed by atoms with Crippen LogP contribution >= 0.6 is 11.3 Å². The number of fused-ring (bicyclic) bond motifs is 1. The lowest BCUT2D eigenvalue weighted by Gasteiger charge is -2.22. The molecule has 1 amide bonds. The zero-order valence-corrected chi connectivity index (χ0v) is 22.2. The van der Waals surface area contributed by atoms with Crippen LogP contribution in [-0.2, 0) is 17.8 Å². The lowest BCUT2D eigenvalue weighted by molar-refractivity contribution is -0.119. The number of likely N-dealkylation sites (N-methyl/N-ethyl adjacent to an activating group) is 1. The second-order valence-electron chi connectivity index (χ2n) is 9.94. The normalized spacial score (nSPS) is 11.6. The van der Waals surface area contributed by atoms with Crippen LogP contribution in [0.25, 0.3) is 16.2 Å². The van der Waals surface area contributed by atoms with E-state index >= 15 is 0 Å². The third-order valence-corrected chi connectivity index (χ3v) is 6.62. The highest BCUT2D eigenvalue weighted by Crippen LogP contribution is 2.34. The summed E-state index contributed by atoms with van der Waals surface area (Å²) in [6, 6.07) is 16.7. The molecule has 184 valence electrons. The van der Waals surface area contributed by atoms with Crippen molar-refractivity contribution < 1.29 is 4.79 Å². The first-order chi connectivity index (χ1) is 16.6. The van der Waals surface area contributed by atoms with Gasteiger partial charge in [0.2, 0.25) is 16.0 Å². The fourth-order valence-corrected chi connectivity index (χ4v) is 4.68. The van der Waals surface area contributed by atoms with Gasteiger partial charge in [-0.1, -0.05) is 72.4 Å². The molecule has 0 aliphatic rings. The van der Waals surface area contributed by atoms with Gasteiger partial charge in [0, 0.05) is 24.7 Å². The molecule has 0 fully saturated rings. The SMILES string of the molecule is CCc1ccc(-c2nc3sc(N(C)CC(=O)NCc4cccc(C)c4)nn3c2NC(C)(C)C)cc1. The summed E-state index contributed by atoms with van der Waals surface area (Å²) in [4.78, 5) is 20.1. The summed E-state index contributed by atoms with van der Waals surface area (Å²) >= 11 is 1.47. The van der Waals surface area contributed by atoms with E-state index in [1.165, 1.54) is 22.5 Å². The van der Waals surface area contributed by atoms with Crippen LogP contribution in [0.3, 0.4) is 0 Å². The zero-order valence-electron chi connectivity index (χ0n) is 21.3. The molecule has 0 spiro atoms. The summed E-state index contributed by atoms with van der Waals surface area (Å²) in [5, 5.41) is 12.1. The van der Waals surface area contributed by atoms with Gasteiger partial charge in [-0.25, -0.2) is 4.98 Å². The number of aromatic nitrogens is 3. The van der Waals surface area contributed by atoms with Gasteiger partial charge in [0.05, 0.1) is 6.54 Å². The molecule has 8 heteroatoms. The molecule has 0 bridgehead atoms. The van der Waals surface area contributed by atoms with Crippen LogP contribution in [0.15, 0.2) is 48.5 Å². The van der Waals surface area contributed by atoms with Gasteiger partial charge in [-0.2, -0.15) is 4.52 Å². The van der Waals surface area contributed by atoms with E-state index in [0.717, 1.165) is 39.2 Å². The molecule has 7 nitrogen and oxygen atoms in total. The van der Waals surface area contributed by atoms with Gasteiger partial charge < -0.3 is 15.5 Å². The van der Waals surface area contributed by atoms with Gasteiger partial charge >= 0.3 is 0 Å². The van der Waals surface area contributed by atoms with E-state index in [2.05, 4.69) is 68.7 Å². The van der Waals surface area contributed by atoms with Crippen LogP contribution in [0.5, 0.6) is 0 Å². The number of anilines is 2. The lowest BCUT2D eigenvalue weighted by atomic mass is 10.1. The van der Waals surface area contributed by atoms with Crippen LogP contribution < -0.4 is 15.5 Å². The highest BCUT2D eigenvalue weighted by molar-refractivity contribution is 7.20. The predicted molar refractivity (Wildman–Crippen MR) is 145 cm³/mol. The van der Waals surface area contributed by atoms with Gasteiger partial charge in [0.1, 0.15) is 5.69 Å². The minimum atomic E-state index is -0.167. The standard InChI is InChI=1S/C27H34N6OS/c1-7-19-11-13-21(14-12-19)23-24(30-27(3,4)5)33-25(29-23)35-26(31-33)32(6)17-22(34)28-16-20-10-8-9-18(2)15-20/h8-15,30H,7,16-17H2,1-6H3,(H,28,34). The molecule has 0 saturated heterocycles. The highest BCUT2D eigenvalue weighted by Gasteiger charge is 2.23. The molecule has 2 aromatic heterocycles. The van der Waals surface area contributed by atoms with E-state index in [0.29, 0.717) is 6.54 Å². The second-order valence-corrected chi connectivity index (χ2v) is 10.9. The number of imidazole rings is 1. The van der Waals surface area contributed by atoms with Gasteiger partial charge in [-0.15, -0.1) is 5.10 Å². The molecular formula is C27H34N6OS. The van der Waals surface area contributed by atoms with Crippen LogP contribution in [0, 0.1) is 6.92 Å². The van der Waals surface area contributed by atoms with Crippen LogP contribution in [0.2, 0.25) is 0 Å². The minimum absolute atomic E-state index is 0.0495. The van der Waals surface area contributed by atoms with E-state index in [1.54, 1.807) is 0 Å². The summed E-state index contributed by atoms with van der Waals surface area (Å²) in [6.07, 6.45) is 1.00. The Bertz CT molecular complexity index is 1320. The average molecular weight is 491 g/mol. The third kappa shape index (κ3) is 6.00. The molecule has 35 heavy (non-hydrogen) atoms. The average Bonchev–Trinajstić information content (AvgIpc) is 3.36. The number of aryl methyl sites for hydroxylation is 2. The predicted octanol–water partition coefficient (Wildman–Crippen LogP) is 5.29. The number of carbonyl (C=O) groups excluding carboxylic acids is 1. The summed E-state index contributed by atoms with van der Waals surface area (Å²) in [5.41, 5.74) is 5.33. The van der Waals surface area contributed by atoms with Crippen molar-refractivity contribution in [1.82, 2.24) is 19.9 Å². The largest absolute Gasteiger partial charge is 0.364 e. The molecule has 0 atom stereocenters. The maximum atomic E-state index is 12.6. The zero-order chi connectivity index (χ0) is 25.2. The molecule has 2 heterocycles. The first-order valence-corrected chi connectivity index (χ1v) is 12.7. The van der Waals surface area contributed by atoms with Crippen LogP contribution in [0.1, 0.15) is 44.4 Å². The number of amides is 1. The summed E-state index contributed by atoms with van der Waals surface area (Å²) in [6.45, 7) is 11.3. The van der Waals surface area contributed by atoms with Gasteiger partial charge in [-0.3, -0.25) is 4.79 Å². The topological polar surface area (TPSA) is 74.6 Å². The Morgan fingerprint density at radius 1 is 1.11 bits per heavy atom. The van der Waals surface area contributed by atoms with Crippen molar-refractivity contribution >= 4 is 33.2 Å². The molecule has 2 aromatic carbocycles. The number of benzene rings is 2. The van der Waals surface area contributed by atoms with E-state index < -0.39 is 0 Å². The van der Waals surface area contributed by atoms with Crippen molar-refractivity contribution in [2.24, 2.45) is 0 Å². The number of nitrogens with zero attached hydrogens (tertiary/aromatic N) is 4. The van der Waals surface area contributed by atoms with Gasteiger partial charge in [-0.05, 0) is 45.2 Å². The van der Waals surface area contributed by atoms with E-state index in [4.69, 9.17) is 10.1 Å². The van der Waals surface area contributed by atoms with E-state index in [1.807, 2.05) is 41.6 Å². The summed E-state index contributed by atoms with van der Waals surface area (Å²) in [5.74, 6) is 0.808. The number of carbonyl (C=O) groups is 1. The van der Waals surface area contributed by atoms with E-state index in [-0.39, 0.29) is 18.0 Å². The van der Waals surface area contributed by atoms with Crippen molar-refractivity contribution in [1.29, 1.82) is 0 Å². The Morgan fingerprint density at radius 3 is 2.51 bits per heavy atom. The fraction of sp³-hybridized carbons (Fsp3) is 0.370. The fourth-order valence-electron chi connectivity index (χ4n) is 3.82.